The van der Waals surface area contributed by atoms with E-state index >= 15 is 0 Å². The molecule has 0 aromatic carbocycles. The Morgan fingerprint density at radius 1 is 1.04 bits per heavy atom. The Morgan fingerprint density at radius 2 is 1.69 bits per heavy atom. The first kappa shape index (κ1) is 17.5. The number of nitrogens with zero attached hydrogens (tertiary/aromatic N) is 5. The average Bonchev–Trinajstić information content (AvgIpc) is 3.20. The van der Waals surface area contributed by atoms with Gasteiger partial charge < -0.3 is 19.4 Å². The fourth-order valence-electron chi connectivity index (χ4n) is 4.22. The second kappa shape index (κ2) is 6.68. The van der Waals surface area contributed by atoms with Crippen LogP contribution in [0.1, 0.15) is 26.5 Å². The van der Waals surface area contributed by atoms with Crippen LogP contribution < -0.4 is 4.90 Å². The van der Waals surface area contributed by atoms with E-state index in [1.54, 1.807) is 6.33 Å². The molecular formula is C19H29N5O2. The van der Waals surface area contributed by atoms with Gasteiger partial charge in [-0.2, -0.15) is 0 Å². The van der Waals surface area contributed by atoms with Gasteiger partial charge in [0.15, 0.2) is 0 Å². The molecule has 7 heteroatoms. The minimum absolute atomic E-state index is 0.0225. The lowest BCUT2D eigenvalue weighted by Crippen LogP contribution is -2.48. The molecule has 0 spiro atoms. The highest BCUT2D eigenvalue weighted by Gasteiger charge is 2.43. The van der Waals surface area contributed by atoms with E-state index in [2.05, 4.69) is 41.7 Å². The Bertz CT molecular complexity index is 654. The van der Waals surface area contributed by atoms with Gasteiger partial charge in [0.05, 0.1) is 18.9 Å². The summed E-state index contributed by atoms with van der Waals surface area (Å²) in [6.45, 7) is 12.9. The Morgan fingerprint density at radius 3 is 2.31 bits per heavy atom. The summed E-state index contributed by atoms with van der Waals surface area (Å²) in [5.41, 5.74) is 1.10. The van der Waals surface area contributed by atoms with Crippen molar-refractivity contribution < 1.29 is 9.53 Å². The van der Waals surface area contributed by atoms with Crippen molar-refractivity contribution in [3.8, 4) is 0 Å². The first-order chi connectivity index (χ1) is 12.4. The number of hydrogen-bond donors (Lipinski definition) is 0. The van der Waals surface area contributed by atoms with Gasteiger partial charge in [-0.25, -0.2) is 14.8 Å². The fourth-order valence-corrected chi connectivity index (χ4v) is 4.22. The molecule has 0 saturated carbocycles. The number of urea groups is 1. The van der Waals surface area contributed by atoms with Gasteiger partial charge in [-0.3, -0.25) is 0 Å². The molecule has 2 amide bonds. The molecule has 4 heterocycles. The quantitative estimate of drug-likeness (QED) is 0.762. The maximum Gasteiger partial charge on any atom is 0.320 e. The van der Waals surface area contributed by atoms with Crippen LogP contribution in [-0.4, -0.2) is 78.3 Å². The van der Waals surface area contributed by atoms with Crippen LogP contribution in [0, 0.1) is 11.8 Å². The van der Waals surface area contributed by atoms with E-state index < -0.39 is 0 Å². The van der Waals surface area contributed by atoms with Crippen LogP contribution in [0.3, 0.4) is 0 Å². The van der Waals surface area contributed by atoms with Crippen molar-refractivity contribution in [2.75, 3.05) is 57.4 Å². The molecule has 0 N–H and O–H groups in total. The molecule has 3 aliphatic heterocycles. The van der Waals surface area contributed by atoms with Crippen LogP contribution in [0.15, 0.2) is 12.4 Å². The van der Waals surface area contributed by atoms with E-state index in [0.29, 0.717) is 38.1 Å². The van der Waals surface area contributed by atoms with Crippen molar-refractivity contribution in [2.24, 2.45) is 11.8 Å². The van der Waals surface area contributed by atoms with Crippen LogP contribution in [0.4, 0.5) is 10.6 Å². The van der Waals surface area contributed by atoms with Gasteiger partial charge in [0.25, 0.3) is 0 Å². The number of amides is 2. The highest BCUT2D eigenvalue weighted by Crippen LogP contribution is 2.34. The van der Waals surface area contributed by atoms with Crippen LogP contribution in [0.25, 0.3) is 0 Å². The summed E-state index contributed by atoms with van der Waals surface area (Å²) in [5, 5.41) is 0. The minimum Gasteiger partial charge on any atom is -0.378 e. The number of carbonyl (C=O) groups excluding carboxylic acids is 1. The number of hydrogen-bond acceptors (Lipinski definition) is 5. The molecule has 3 aliphatic rings. The second-order valence-electron chi connectivity index (χ2n) is 8.72. The van der Waals surface area contributed by atoms with Gasteiger partial charge in [-0.05, 0) is 0 Å². The van der Waals surface area contributed by atoms with Gasteiger partial charge in [-0.15, -0.1) is 0 Å². The molecule has 0 bridgehead atoms. The molecule has 7 nitrogen and oxygen atoms in total. The standard InChI is InChI=1S/C19H29N5O2/c1-19(2,3)16-8-17(21-13-20-16)23-9-14-11-24(12-15(14)10-23)18(25)22-4-6-26-7-5-22/h8,13-15H,4-7,9-12H2,1-3H3. The SMILES string of the molecule is CC(C)(C)c1cc(N2CC3CN(C(=O)N4CCOCC4)CC3C2)ncn1. The van der Waals surface area contributed by atoms with Crippen molar-refractivity contribution in [2.45, 2.75) is 26.2 Å². The van der Waals surface area contributed by atoms with E-state index in [9.17, 15) is 4.79 Å². The number of carbonyl (C=O) groups is 1. The van der Waals surface area contributed by atoms with E-state index in [4.69, 9.17) is 4.74 Å². The Kier molecular flexibility index (Phi) is 4.50. The molecule has 0 radical (unpaired) electrons. The molecule has 26 heavy (non-hydrogen) atoms. The van der Waals surface area contributed by atoms with Crippen LogP contribution in [0.5, 0.6) is 0 Å². The highest BCUT2D eigenvalue weighted by molar-refractivity contribution is 5.75. The molecule has 0 aliphatic carbocycles. The molecular weight excluding hydrogens is 330 g/mol. The molecule has 3 fully saturated rings. The topological polar surface area (TPSA) is 61.8 Å². The number of fused-ring (bicyclic) bond motifs is 1. The molecule has 142 valence electrons. The molecule has 4 rings (SSSR count). The summed E-state index contributed by atoms with van der Waals surface area (Å²) in [5.74, 6) is 2.09. The summed E-state index contributed by atoms with van der Waals surface area (Å²) in [4.78, 5) is 28.0. The van der Waals surface area contributed by atoms with Gasteiger partial charge >= 0.3 is 6.03 Å². The Balaban J connectivity index is 1.38. The van der Waals surface area contributed by atoms with Crippen LogP contribution >= 0.6 is 0 Å². The lowest BCUT2D eigenvalue weighted by atomic mass is 9.92. The van der Waals surface area contributed by atoms with Crippen molar-refractivity contribution in [3.05, 3.63) is 18.1 Å². The maximum absolute atomic E-state index is 12.7. The van der Waals surface area contributed by atoms with Crippen molar-refractivity contribution >= 4 is 11.8 Å². The zero-order chi connectivity index (χ0) is 18.3. The fraction of sp³-hybridized carbons (Fsp3) is 0.737. The number of aromatic nitrogens is 2. The maximum atomic E-state index is 12.7. The number of rotatable bonds is 1. The molecule has 1 aromatic rings. The number of ether oxygens (including phenoxy) is 1. The summed E-state index contributed by atoms with van der Waals surface area (Å²) in [6.07, 6.45) is 1.68. The number of morpholine rings is 1. The van der Waals surface area contributed by atoms with Gasteiger partial charge in [0.1, 0.15) is 12.1 Å². The van der Waals surface area contributed by atoms with Crippen LogP contribution in [-0.2, 0) is 10.2 Å². The zero-order valence-electron chi connectivity index (χ0n) is 16.0. The predicted molar refractivity (Wildman–Crippen MR) is 99.3 cm³/mol. The summed E-state index contributed by atoms with van der Waals surface area (Å²) < 4.78 is 5.35. The van der Waals surface area contributed by atoms with Gasteiger partial charge in [0.2, 0.25) is 0 Å². The second-order valence-corrected chi connectivity index (χ2v) is 8.72. The molecule has 2 atom stereocenters. The Hall–Kier alpha value is -1.89. The van der Waals surface area contributed by atoms with Crippen molar-refractivity contribution in [3.63, 3.8) is 0 Å². The highest BCUT2D eigenvalue weighted by atomic mass is 16.5. The summed E-state index contributed by atoms with van der Waals surface area (Å²) >= 11 is 0. The zero-order valence-corrected chi connectivity index (χ0v) is 16.0. The third kappa shape index (κ3) is 3.37. The Labute approximate surface area is 155 Å². The lowest BCUT2D eigenvalue weighted by Gasteiger charge is -2.31. The monoisotopic (exact) mass is 359 g/mol. The van der Waals surface area contributed by atoms with Crippen molar-refractivity contribution in [1.82, 2.24) is 19.8 Å². The molecule has 2 unspecified atom stereocenters. The van der Waals surface area contributed by atoms with E-state index in [1.807, 2.05) is 9.80 Å². The number of anilines is 1. The van der Waals surface area contributed by atoms with Gasteiger partial charge in [0, 0.05) is 62.6 Å². The molecule has 3 saturated heterocycles. The predicted octanol–water partition coefficient (Wildman–Crippen LogP) is 1.59. The average molecular weight is 359 g/mol. The smallest absolute Gasteiger partial charge is 0.320 e. The number of likely N-dealkylation sites (tertiary alicyclic amines) is 1. The first-order valence-corrected chi connectivity index (χ1v) is 9.61. The summed E-state index contributed by atoms with van der Waals surface area (Å²) in [7, 11) is 0. The van der Waals surface area contributed by atoms with E-state index in [1.165, 1.54) is 0 Å². The normalized spacial score (nSPS) is 26.3. The third-order valence-corrected chi connectivity index (χ3v) is 5.78. The van der Waals surface area contributed by atoms with Gasteiger partial charge in [-0.1, -0.05) is 20.8 Å². The van der Waals surface area contributed by atoms with Crippen molar-refractivity contribution in [1.29, 1.82) is 0 Å². The minimum atomic E-state index is 0.0225. The van der Waals surface area contributed by atoms with E-state index in [-0.39, 0.29) is 11.4 Å². The van der Waals surface area contributed by atoms with E-state index in [0.717, 1.165) is 37.7 Å². The first-order valence-electron chi connectivity index (χ1n) is 9.61. The largest absolute Gasteiger partial charge is 0.378 e. The lowest BCUT2D eigenvalue weighted by molar-refractivity contribution is 0.0447. The third-order valence-electron chi connectivity index (χ3n) is 5.78. The molecule has 1 aromatic heterocycles. The van der Waals surface area contributed by atoms with Crippen LogP contribution in [0.2, 0.25) is 0 Å². The summed E-state index contributed by atoms with van der Waals surface area (Å²) in [6, 6.07) is 2.31.